The molecule has 0 aromatic heterocycles. The number of likely N-dealkylation sites (tertiary alicyclic amines) is 1. The molecule has 3 amide bonds. The fourth-order valence-corrected chi connectivity index (χ4v) is 4.36. The van der Waals surface area contributed by atoms with Crippen molar-refractivity contribution in [2.45, 2.75) is 57.9 Å². The lowest BCUT2D eigenvalue weighted by atomic mass is 9.89. The zero-order valence-electron chi connectivity index (χ0n) is 17.8. The van der Waals surface area contributed by atoms with Crippen LogP contribution in [0.4, 0.5) is 0 Å². The van der Waals surface area contributed by atoms with Gasteiger partial charge < -0.3 is 20.3 Å². The van der Waals surface area contributed by atoms with Gasteiger partial charge in [-0.05, 0) is 44.7 Å². The highest BCUT2D eigenvalue weighted by molar-refractivity contribution is 6.00. The Balaban J connectivity index is 1.49. The Kier molecular flexibility index (Phi) is 8.11. The summed E-state index contributed by atoms with van der Waals surface area (Å²) in [6.45, 7) is 3.68. The van der Waals surface area contributed by atoms with Crippen molar-refractivity contribution < 1.29 is 19.1 Å². The van der Waals surface area contributed by atoms with E-state index in [2.05, 4.69) is 10.6 Å². The van der Waals surface area contributed by atoms with Gasteiger partial charge in [0.1, 0.15) is 11.8 Å². The second kappa shape index (κ2) is 11.0. The standard InChI is InChI=1S/C23H33N3O4/c1-2-30-20-13-7-6-11-18(20)23(29)26-16-8-12-19(26)22(28)25-15-14-24-21(27)17-9-4-3-5-10-17/h6-7,11,13,17,19H,2-5,8-10,12,14-16H2,1H3,(H,24,27)(H,25,28). The molecule has 1 unspecified atom stereocenters. The number of benzene rings is 1. The van der Waals surface area contributed by atoms with E-state index in [4.69, 9.17) is 4.74 Å². The number of rotatable bonds is 8. The SMILES string of the molecule is CCOc1ccccc1C(=O)N1CCCC1C(=O)NCCNC(=O)C1CCCCC1. The van der Waals surface area contributed by atoms with E-state index >= 15 is 0 Å². The van der Waals surface area contributed by atoms with Crippen LogP contribution in [0.5, 0.6) is 5.75 Å². The molecular formula is C23H33N3O4. The van der Waals surface area contributed by atoms with Crippen molar-refractivity contribution in [2.24, 2.45) is 5.92 Å². The van der Waals surface area contributed by atoms with Crippen LogP contribution < -0.4 is 15.4 Å². The molecule has 1 aliphatic carbocycles. The molecule has 2 aliphatic rings. The number of carbonyl (C=O) groups excluding carboxylic acids is 3. The highest BCUT2D eigenvalue weighted by Gasteiger charge is 2.35. The molecule has 164 valence electrons. The maximum atomic E-state index is 13.1. The third kappa shape index (κ3) is 5.52. The number of carbonyl (C=O) groups is 3. The van der Waals surface area contributed by atoms with Crippen LogP contribution in [0.3, 0.4) is 0 Å². The molecule has 1 atom stereocenters. The predicted octanol–water partition coefficient (Wildman–Crippen LogP) is 2.50. The number of hydrogen-bond acceptors (Lipinski definition) is 4. The Bertz CT molecular complexity index is 746. The highest BCUT2D eigenvalue weighted by atomic mass is 16.5. The maximum Gasteiger partial charge on any atom is 0.258 e. The van der Waals surface area contributed by atoms with Gasteiger partial charge in [0.05, 0.1) is 12.2 Å². The summed E-state index contributed by atoms with van der Waals surface area (Å²) >= 11 is 0. The monoisotopic (exact) mass is 415 g/mol. The van der Waals surface area contributed by atoms with Crippen molar-refractivity contribution in [1.29, 1.82) is 0 Å². The number of hydrogen-bond donors (Lipinski definition) is 2. The molecular weight excluding hydrogens is 382 g/mol. The minimum atomic E-state index is -0.485. The largest absolute Gasteiger partial charge is 0.493 e. The van der Waals surface area contributed by atoms with Gasteiger partial charge in [-0.3, -0.25) is 14.4 Å². The van der Waals surface area contributed by atoms with Crippen LogP contribution in [0.15, 0.2) is 24.3 Å². The highest BCUT2D eigenvalue weighted by Crippen LogP contribution is 2.25. The molecule has 0 spiro atoms. The average molecular weight is 416 g/mol. The summed E-state index contributed by atoms with van der Waals surface area (Å²) in [5.41, 5.74) is 0.485. The second-order valence-corrected chi connectivity index (χ2v) is 8.00. The molecule has 7 nitrogen and oxygen atoms in total. The summed E-state index contributed by atoms with van der Waals surface area (Å²) in [5.74, 6) is 0.405. The Morgan fingerprint density at radius 2 is 1.67 bits per heavy atom. The summed E-state index contributed by atoms with van der Waals surface area (Å²) in [6, 6.07) is 6.66. The molecule has 1 saturated carbocycles. The molecule has 1 heterocycles. The van der Waals surface area contributed by atoms with Gasteiger partial charge in [-0.2, -0.15) is 0 Å². The molecule has 7 heteroatoms. The zero-order chi connectivity index (χ0) is 21.3. The molecule has 0 radical (unpaired) electrons. The Labute approximate surface area is 178 Å². The summed E-state index contributed by atoms with van der Waals surface area (Å²) in [4.78, 5) is 39.6. The molecule has 3 rings (SSSR count). The van der Waals surface area contributed by atoms with Crippen molar-refractivity contribution in [3.63, 3.8) is 0 Å². The van der Waals surface area contributed by atoms with Crippen molar-refractivity contribution in [2.75, 3.05) is 26.2 Å². The van der Waals surface area contributed by atoms with Crippen LogP contribution in [0.25, 0.3) is 0 Å². The number of amides is 3. The first-order valence-corrected chi connectivity index (χ1v) is 11.2. The average Bonchev–Trinajstić information content (AvgIpc) is 3.27. The summed E-state index contributed by atoms with van der Waals surface area (Å²) < 4.78 is 5.58. The normalized spacial score (nSPS) is 19.4. The summed E-state index contributed by atoms with van der Waals surface area (Å²) in [6.07, 6.45) is 6.80. The van der Waals surface area contributed by atoms with Gasteiger partial charge in [0.15, 0.2) is 0 Å². The van der Waals surface area contributed by atoms with E-state index in [0.29, 0.717) is 44.0 Å². The Hall–Kier alpha value is -2.57. The molecule has 2 fully saturated rings. The van der Waals surface area contributed by atoms with Crippen LogP contribution in [0, 0.1) is 5.92 Å². The predicted molar refractivity (Wildman–Crippen MR) is 114 cm³/mol. The van der Waals surface area contributed by atoms with Gasteiger partial charge in [-0.25, -0.2) is 0 Å². The van der Waals surface area contributed by atoms with Crippen LogP contribution in [0.2, 0.25) is 0 Å². The van der Waals surface area contributed by atoms with Crippen molar-refractivity contribution in [3.05, 3.63) is 29.8 Å². The Morgan fingerprint density at radius 1 is 0.967 bits per heavy atom. The zero-order valence-corrected chi connectivity index (χ0v) is 17.8. The fourth-order valence-electron chi connectivity index (χ4n) is 4.36. The third-order valence-electron chi connectivity index (χ3n) is 5.93. The van der Waals surface area contributed by atoms with E-state index in [9.17, 15) is 14.4 Å². The molecule has 2 N–H and O–H groups in total. The molecule has 0 bridgehead atoms. The minimum absolute atomic E-state index is 0.0918. The second-order valence-electron chi connectivity index (χ2n) is 8.00. The van der Waals surface area contributed by atoms with E-state index in [-0.39, 0.29) is 23.6 Å². The number of ether oxygens (including phenoxy) is 1. The van der Waals surface area contributed by atoms with E-state index < -0.39 is 6.04 Å². The van der Waals surface area contributed by atoms with Crippen molar-refractivity contribution >= 4 is 17.7 Å². The number of nitrogens with one attached hydrogen (secondary N) is 2. The van der Waals surface area contributed by atoms with Crippen LogP contribution >= 0.6 is 0 Å². The van der Waals surface area contributed by atoms with Gasteiger partial charge in [0.2, 0.25) is 11.8 Å². The van der Waals surface area contributed by atoms with Crippen LogP contribution in [-0.4, -0.2) is 54.9 Å². The van der Waals surface area contributed by atoms with E-state index in [1.165, 1.54) is 6.42 Å². The topological polar surface area (TPSA) is 87.7 Å². The molecule has 1 aromatic carbocycles. The van der Waals surface area contributed by atoms with Gasteiger partial charge in [-0.15, -0.1) is 0 Å². The molecule has 1 saturated heterocycles. The number of nitrogens with zero attached hydrogens (tertiary/aromatic N) is 1. The van der Waals surface area contributed by atoms with Crippen molar-refractivity contribution in [1.82, 2.24) is 15.5 Å². The quantitative estimate of drug-likeness (QED) is 0.639. The van der Waals surface area contributed by atoms with Crippen LogP contribution in [0.1, 0.15) is 62.2 Å². The summed E-state index contributed by atoms with van der Waals surface area (Å²) in [7, 11) is 0. The lowest BCUT2D eigenvalue weighted by molar-refractivity contribution is -0.127. The van der Waals surface area contributed by atoms with Gasteiger partial charge >= 0.3 is 0 Å². The molecule has 30 heavy (non-hydrogen) atoms. The van der Waals surface area contributed by atoms with Gasteiger partial charge in [-0.1, -0.05) is 31.4 Å². The van der Waals surface area contributed by atoms with E-state index in [1.54, 1.807) is 23.1 Å². The molecule has 1 aromatic rings. The smallest absolute Gasteiger partial charge is 0.258 e. The lowest BCUT2D eigenvalue weighted by Crippen LogP contribution is -2.47. The summed E-state index contributed by atoms with van der Waals surface area (Å²) in [5, 5.41) is 5.81. The van der Waals surface area contributed by atoms with Crippen molar-refractivity contribution in [3.8, 4) is 5.75 Å². The Morgan fingerprint density at radius 3 is 2.40 bits per heavy atom. The van der Waals surface area contributed by atoms with E-state index in [0.717, 1.165) is 32.1 Å². The van der Waals surface area contributed by atoms with Crippen LogP contribution in [-0.2, 0) is 9.59 Å². The first-order chi connectivity index (χ1) is 14.6. The fraction of sp³-hybridized carbons (Fsp3) is 0.609. The minimum Gasteiger partial charge on any atom is -0.493 e. The number of para-hydroxylation sites is 1. The van der Waals surface area contributed by atoms with E-state index in [1.807, 2.05) is 13.0 Å². The third-order valence-corrected chi connectivity index (χ3v) is 5.93. The first kappa shape index (κ1) is 22.1. The lowest BCUT2D eigenvalue weighted by Gasteiger charge is -2.25. The van der Waals surface area contributed by atoms with Gasteiger partial charge in [0.25, 0.3) is 5.91 Å². The molecule has 1 aliphatic heterocycles. The maximum absolute atomic E-state index is 13.1. The van der Waals surface area contributed by atoms with Gasteiger partial charge in [0, 0.05) is 25.6 Å². The first-order valence-electron chi connectivity index (χ1n) is 11.2.